The third kappa shape index (κ3) is 4.10. The van der Waals surface area contributed by atoms with E-state index in [9.17, 15) is 15.0 Å². The summed E-state index contributed by atoms with van der Waals surface area (Å²) in [5, 5.41) is 23.5. The summed E-state index contributed by atoms with van der Waals surface area (Å²) in [5.74, 6) is -0.00848. The van der Waals surface area contributed by atoms with E-state index in [1.54, 1.807) is 11.1 Å². The van der Waals surface area contributed by atoms with E-state index >= 15 is 0 Å². The van der Waals surface area contributed by atoms with Gasteiger partial charge in [-0.1, -0.05) is 6.07 Å². The van der Waals surface area contributed by atoms with Gasteiger partial charge in [0.2, 0.25) is 5.91 Å². The number of hydrogen-bond donors (Lipinski definition) is 3. The summed E-state index contributed by atoms with van der Waals surface area (Å²) >= 11 is 0. The zero-order chi connectivity index (χ0) is 16.9. The predicted molar refractivity (Wildman–Crippen MR) is 87.0 cm³/mol. The molecule has 3 N–H and O–H groups in total. The molecule has 2 saturated heterocycles. The Morgan fingerprint density at radius 3 is 2.71 bits per heavy atom. The second-order valence-electron chi connectivity index (χ2n) is 6.44. The van der Waals surface area contributed by atoms with Crippen LogP contribution >= 0.6 is 0 Å². The first-order chi connectivity index (χ1) is 11.6. The fourth-order valence-corrected chi connectivity index (χ4v) is 3.28. The predicted octanol–water partition coefficient (Wildman–Crippen LogP) is -0.327. The second kappa shape index (κ2) is 8.02. The highest BCUT2D eigenvalue weighted by molar-refractivity contribution is 5.77. The zero-order valence-electron chi connectivity index (χ0n) is 13.7. The molecule has 7 heteroatoms. The topological polar surface area (TPSA) is 94.9 Å². The van der Waals surface area contributed by atoms with Gasteiger partial charge in [-0.15, -0.1) is 0 Å². The number of aromatic nitrogens is 1. The number of rotatable bonds is 6. The number of likely N-dealkylation sites (tertiary alicyclic amines) is 1. The van der Waals surface area contributed by atoms with Crippen molar-refractivity contribution in [2.24, 2.45) is 0 Å². The van der Waals surface area contributed by atoms with E-state index < -0.39 is 24.4 Å². The van der Waals surface area contributed by atoms with Gasteiger partial charge in [0.25, 0.3) is 0 Å². The molecule has 24 heavy (non-hydrogen) atoms. The van der Waals surface area contributed by atoms with Crippen molar-refractivity contribution in [2.45, 2.75) is 50.2 Å². The molecule has 7 nitrogen and oxygen atoms in total. The Hall–Kier alpha value is -1.54. The first-order valence-electron chi connectivity index (χ1n) is 8.55. The van der Waals surface area contributed by atoms with Crippen LogP contribution in [0.5, 0.6) is 0 Å². The van der Waals surface area contributed by atoms with E-state index in [0.29, 0.717) is 13.1 Å². The summed E-state index contributed by atoms with van der Waals surface area (Å²) in [5.41, 5.74) is 0.895. The van der Waals surface area contributed by atoms with Crippen molar-refractivity contribution in [3.63, 3.8) is 0 Å². The lowest BCUT2D eigenvalue weighted by Gasteiger charge is -2.19. The molecule has 0 radical (unpaired) electrons. The molecule has 1 amide bonds. The average Bonchev–Trinajstić information content (AvgIpc) is 3.21. The summed E-state index contributed by atoms with van der Waals surface area (Å²) in [7, 11) is 0. The number of aliphatic hydroxyl groups is 2. The molecule has 0 aromatic carbocycles. The number of aliphatic hydroxyl groups excluding tert-OH is 2. The molecule has 0 spiro atoms. The lowest BCUT2D eigenvalue weighted by Crippen LogP contribution is -2.38. The van der Waals surface area contributed by atoms with Crippen LogP contribution in [0.25, 0.3) is 0 Å². The van der Waals surface area contributed by atoms with Crippen molar-refractivity contribution < 1.29 is 19.7 Å². The largest absolute Gasteiger partial charge is 0.388 e. The van der Waals surface area contributed by atoms with Crippen molar-refractivity contribution in [1.82, 2.24) is 15.2 Å². The fourth-order valence-electron chi connectivity index (χ4n) is 3.28. The molecule has 2 fully saturated rings. The van der Waals surface area contributed by atoms with E-state index in [-0.39, 0.29) is 12.3 Å². The number of carbonyl (C=O) groups is 1. The van der Waals surface area contributed by atoms with E-state index in [1.807, 2.05) is 18.2 Å². The van der Waals surface area contributed by atoms with E-state index in [1.165, 1.54) is 0 Å². The molecular formula is C17H25N3O4. The summed E-state index contributed by atoms with van der Waals surface area (Å²) in [4.78, 5) is 18.2. The quantitative estimate of drug-likeness (QED) is 0.659. The second-order valence-corrected chi connectivity index (χ2v) is 6.44. The van der Waals surface area contributed by atoms with Gasteiger partial charge < -0.3 is 25.2 Å². The zero-order valence-corrected chi connectivity index (χ0v) is 13.7. The van der Waals surface area contributed by atoms with Gasteiger partial charge in [-0.2, -0.15) is 0 Å². The van der Waals surface area contributed by atoms with E-state index in [0.717, 1.165) is 31.6 Å². The highest BCUT2D eigenvalue weighted by atomic mass is 16.5. The third-order valence-electron chi connectivity index (χ3n) is 4.67. The van der Waals surface area contributed by atoms with Crippen LogP contribution in [0.2, 0.25) is 0 Å². The highest BCUT2D eigenvalue weighted by Gasteiger charge is 2.43. The molecule has 2 aliphatic heterocycles. The number of amides is 1. The van der Waals surface area contributed by atoms with Gasteiger partial charge in [-0.05, 0) is 25.0 Å². The maximum Gasteiger partial charge on any atom is 0.225 e. The Kier molecular flexibility index (Phi) is 5.78. The van der Waals surface area contributed by atoms with Crippen molar-refractivity contribution in [3.8, 4) is 0 Å². The van der Waals surface area contributed by atoms with Gasteiger partial charge >= 0.3 is 0 Å². The van der Waals surface area contributed by atoms with Gasteiger partial charge in [-0.3, -0.25) is 9.78 Å². The van der Waals surface area contributed by atoms with Gasteiger partial charge in [-0.25, -0.2) is 0 Å². The number of nitrogens with zero attached hydrogens (tertiary/aromatic N) is 2. The normalized spacial score (nSPS) is 30.0. The minimum Gasteiger partial charge on any atom is -0.388 e. The van der Waals surface area contributed by atoms with Crippen molar-refractivity contribution in [3.05, 3.63) is 30.1 Å². The van der Waals surface area contributed by atoms with Crippen LogP contribution in [-0.4, -0.2) is 70.1 Å². The molecule has 1 aromatic rings. The first-order valence-corrected chi connectivity index (χ1v) is 8.55. The van der Waals surface area contributed by atoms with Crippen LogP contribution < -0.4 is 5.32 Å². The Morgan fingerprint density at radius 2 is 2.00 bits per heavy atom. The molecular weight excluding hydrogens is 310 g/mol. The van der Waals surface area contributed by atoms with Gasteiger partial charge in [0.05, 0.1) is 24.3 Å². The molecule has 0 saturated carbocycles. The third-order valence-corrected chi connectivity index (χ3v) is 4.67. The standard InChI is InChI=1S/C17H25N3O4/c21-15(20-7-3-4-8-20)9-13-16(22)17(23)14(24-13)11-18-10-12-5-1-2-6-19-12/h1-2,5-6,13-14,16-18,22-23H,3-4,7-11H2/t13-,14+,16-,17+/m0/s1. The van der Waals surface area contributed by atoms with Crippen molar-refractivity contribution in [2.75, 3.05) is 19.6 Å². The number of carbonyl (C=O) groups excluding carboxylic acids is 1. The summed E-state index contributed by atoms with van der Waals surface area (Å²) in [6.45, 7) is 2.50. The Balaban J connectivity index is 1.46. The van der Waals surface area contributed by atoms with Crippen LogP contribution in [0.4, 0.5) is 0 Å². The molecule has 1 aromatic heterocycles. The number of hydrogen-bond acceptors (Lipinski definition) is 6. The lowest BCUT2D eigenvalue weighted by molar-refractivity contribution is -0.134. The Labute approximate surface area is 141 Å². The minimum absolute atomic E-state index is 0.00848. The fraction of sp³-hybridized carbons (Fsp3) is 0.647. The summed E-state index contributed by atoms with van der Waals surface area (Å²) in [6.07, 6.45) is 0.715. The molecule has 0 aliphatic carbocycles. The highest BCUT2D eigenvalue weighted by Crippen LogP contribution is 2.24. The summed E-state index contributed by atoms with van der Waals surface area (Å²) in [6, 6.07) is 5.67. The molecule has 0 bridgehead atoms. The number of ether oxygens (including phenoxy) is 1. The van der Waals surface area contributed by atoms with Crippen LogP contribution in [0.1, 0.15) is 25.0 Å². The molecule has 2 aliphatic rings. The lowest BCUT2D eigenvalue weighted by atomic mass is 10.1. The van der Waals surface area contributed by atoms with Gasteiger partial charge in [0.1, 0.15) is 12.2 Å². The monoisotopic (exact) mass is 335 g/mol. The van der Waals surface area contributed by atoms with Crippen LogP contribution in [0, 0.1) is 0 Å². The van der Waals surface area contributed by atoms with Crippen LogP contribution in [-0.2, 0) is 16.1 Å². The number of nitrogens with one attached hydrogen (secondary N) is 1. The van der Waals surface area contributed by atoms with Crippen LogP contribution in [0.15, 0.2) is 24.4 Å². The maximum atomic E-state index is 12.2. The summed E-state index contributed by atoms with van der Waals surface area (Å²) < 4.78 is 5.72. The molecule has 132 valence electrons. The number of pyridine rings is 1. The van der Waals surface area contributed by atoms with Crippen molar-refractivity contribution in [1.29, 1.82) is 0 Å². The first kappa shape index (κ1) is 17.3. The van der Waals surface area contributed by atoms with Crippen LogP contribution in [0.3, 0.4) is 0 Å². The van der Waals surface area contributed by atoms with Crippen molar-refractivity contribution >= 4 is 5.91 Å². The molecule has 4 atom stereocenters. The van der Waals surface area contributed by atoms with E-state index in [4.69, 9.17) is 4.74 Å². The maximum absolute atomic E-state index is 12.2. The smallest absolute Gasteiger partial charge is 0.225 e. The molecule has 3 rings (SSSR count). The average molecular weight is 335 g/mol. The minimum atomic E-state index is -1.03. The Bertz CT molecular complexity index is 536. The SMILES string of the molecule is O=C(C[C@@H]1O[C@H](CNCc2ccccn2)[C@@H](O)[C@H]1O)N1CCCC1. The Morgan fingerprint density at radius 1 is 1.25 bits per heavy atom. The van der Waals surface area contributed by atoms with Gasteiger partial charge in [0, 0.05) is 32.4 Å². The molecule has 3 heterocycles. The van der Waals surface area contributed by atoms with Gasteiger partial charge in [0.15, 0.2) is 0 Å². The van der Waals surface area contributed by atoms with E-state index in [2.05, 4.69) is 10.3 Å². The molecule has 0 unspecified atom stereocenters.